The van der Waals surface area contributed by atoms with Gasteiger partial charge in [-0.3, -0.25) is 0 Å². The van der Waals surface area contributed by atoms with Crippen molar-refractivity contribution >= 4 is 23.5 Å². The SMILES string of the molecule is C=CCSCC1(CSCC=C)C=CC(O)C(C)=C1. The minimum absolute atomic E-state index is 0.0602. The highest BCUT2D eigenvalue weighted by molar-refractivity contribution is 8.00. The Morgan fingerprint density at radius 1 is 1.28 bits per heavy atom. The van der Waals surface area contributed by atoms with Gasteiger partial charge in [0.2, 0.25) is 0 Å². The quantitative estimate of drug-likeness (QED) is 0.541. The first kappa shape index (κ1) is 15.7. The second-order valence-electron chi connectivity index (χ2n) is 4.53. The normalized spacial score (nSPS) is 21.4. The summed E-state index contributed by atoms with van der Waals surface area (Å²) in [6.07, 6.45) is 9.77. The van der Waals surface area contributed by atoms with Gasteiger partial charge in [0.1, 0.15) is 0 Å². The van der Waals surface area contributed by atoms with E-state index >= 15 is 0 Å². The molecule has 1 unspecified atom stereocenters. The number of allylic oxidation sites excluding steroid dienone is 2. The Balaban J connectivity index is 2.70. The number of hydrogen-bond donors (Lipinski definition) is 1. The van der Waals surface area contributed by atoms with Crippen LogP contribution >= 0.6 is 23.5 Å². The minimum Gasteiger partial charge on any atom is -0.385 e. The summed E-state index contributed by atoms with van der Waals surface area (Å²) in [7, 11) is 0. The minimum atomic E-state index is -0.410. The van der Waals surface area contributed by atoms with Crippen molar-refractivity contribution in [1.82, 2.24) is 0 Å². The molecule has 0 bridgehead atoms. The summed E-state index contributed by atoms with van der Waals surface area (Å²) < 4.78 is 0. The van der Waals surface area contributed by atoms with Gasteiger partial charge < -0.3 is 5.11 Å². The molecule has 3 heteroatoms. The standard InChI is InChI=1S/C15H22OS2/c1-4-8-17-11-15(12-18-9-5-2)7-6-14(16)13(3)10-15/h4-7,10,14,16H,1-2,8-9,11-12H2,3H3. The number of thioether (sulfide) groups is 2. The van der Waals surface area contributed by atoms with Gasteiger partial charge in [-0.05, 0) is 12.5 Å². The Bertz CT molecular complexity index is 330. The summed E-state index contributed by atoms with van der Waals surface area (Å²) in [6, 6.07) is 0. The van der Waals surface area contributed by atoms with Gasteiger partial charge in [0, 0.05) is 28.4 Å². The topological polar surface area (TPSA) is 20.2 Å². The van der Waals surface area contributed by atoms with Gasteiger partial charge in [-0.25, -0.2) is 0 Å². The lowest BCUT2D eigenvalue weighted by Crippen LogP contribution is -2.27. The average Bonchev–Trinajstić information content (AvgIpc) is 2.35. The van der Waals surface area contributed by atoms with Crippen molar-refractivity contribution in [1.29, 1.82) is 0 Å². The van der Waals surface area contributed by atoms with Gasteiger partial charge in [0.25, 0.3) is 0 Å². The molecule has 1 nitrogen and oxygen atoms in total. The van der Waals surface area contributed by atoms with E-state index in [2.05, 4.69) is 25.3 Å². The van der Waals surface area contributed by atoms with Crippen molar-refractivity contribution in [2.45, 2.75) is 13.0 Å². The Labute approximate surface area is 119 Å². The molecule has 0 aromatic rings. The maximum absolute atomic E-state index is 9.75. The van der Waals surface area contributed by atoms with Crippen LogP contribution in [0.25, 0.3) is 0 Å². The zero-order valence-corrected chi connectivity index (χ0v) is 12.6. The first-order chi connectivity index (χ1) is 8.63. The van der Waals surface area contributed by atoms with Crippen LogP contribution in [0, 0.1) is 5.41 Å². The Morgan fingerprint density at radius 2 is 1.83 bits per heavy atom. The molecule has 0 saturated heterocycles. The average molecular weight is 282 g/mol. The second kappa shape index (κ2) is 7.93. The van der Waals surface area contributed by atoms with Crippen LogP contribution in [-0.4, -0.2) is 34.2 Å². The van der Waals surface area contributed by atoms with Crippen LogP contribution in [0.1, 0.15) is 6.92 Å². The smallest absolute Gasteiger partial charge is 0.0929 e. The molecule has 0 heterocycles. The number of rotatable bonds is 8. The van der Waals surface area contributed by atoms with Crippen molar-refractivity contribution < 1.29 is 5.11 Å². The van der Waals surface area contributed by atoms with Gasteiger partial charge in [-0.2, -0.15) is 23.5 Å². The van der Waals surface area contributed by atoms with E-state index in [9.17, 15) is 5.11 Å². The molecule has 1 rings (SSSR count). The Hall–Kier alpha value is -0.380. The molecule has 0 saturated carbocycles. The van der Waals surface area contributed by atoms with E-state index < -0.39 is 6.10 Å². The molecule has 0 aliphatic heterocycles. The molecule has 1 N–H and O–H groups in total. The molecular weight excluding hydrogens is 260 g/mol. The van der Waals surface area contributed by atoms with E-state index in [-0.39, 0.29) is 5.41 Å². The first-order valence-corrected chi connectivity index (χ1v) is 8.38. The summed E-state index contributed by atoms with van der Waals surface area (Å²) in [5.74, 6) is 4.00. The van der Waals surface area contributed by atoms with Gasteiger partial charge in [0.15, 0.2) is 0 Å². The molecule has 0 fully saturated rings. The van der Waals surface area contributed by atoms with Crippen LogP contribution in [0.4, 0.5) is 0 Å². The summed E-state index contributed by atoms with van der Waals surface area (Å²) in [5.41, 5.74) is 1.11. The van der Waals surface area contributed by atoms with Crippen molar-refractivity contribution in [3.05, 3.63) is 49.1 Å². The molecule has 0 aromatic carbocycles. The lowest BCUT2D eigenvalue weighted by molar-refractivity contribution is 0.252. The molecular formula is C15H22OS2. The third-order valence-electron chi connectivity index (χ3n) is 2.81. The molecule has 0 spiro atoms. The monoisotopic (exact) mass is 282 g/mol. The zero-order chi connectivity index (χ0) is 13.4. The van der Waals surface area contributed by atoms with Crippen LogP contribution in [0.2, 0.25) is 0 Å². The summed E-state index contributed by atoms with van der Waals surface area (Å²) in [4.78, 5) is 0. The predicted octanol–water partition coefficient (Wildman–Crippen LogP) is 3.69. The summed E-state index contributed by atoms with van der Waals surface area (Å²) >= 11 is 3.77. The molecule has 1 aliphatic rings. The van der Waals surface area contributed by atoms with Crippen molar-refractivity contribution in [3.63, 3.8) is 0 Å². The van der Waals surface area contributed by atoms with Crippen LogP contribution in [0.15, 0.2) is 49.1 Å². The first-order valence-electron chi connectivity index (χ1n) is 6.07. The van der Waals surface area contributed by atoms with Crippen molar-refractivity contribution in [3.8, 4) is 0 Å². The molecule has 1 atom stereocenters. The van der Waals surface area contributed by atoms with E-state index in [0.29, 0.717) is 0 Å². The lowest BCUT2D eigenvalue weighted by atomic mass is 9.84. The largest absolute Gasteiger partial charge is 0.385 e. The van der Waals surface area contributed by atoms with Gasteiger partial charge in [-0.1, -0.05) is 30.4 Å². The second-order valence-corrected chi connectivity index (χ2v) is 6.59. The van der Waals surface area contributed by atoms with Gasteiger partial charge in [-0.15, -0.1) is 13.2 Å². The summed E-state index contributed by atoms with van der Waals surface area (Å²) in [5, 5.41) is 9.75. The van der Waals surface area contributed by atoms with Crippen molar-refractivity contribution in [2.24, 2.45) is 5.41 Å². The number of aliphatic hydroxyl groups excluding tert-OH is 1. The number of aliphatic hydroxyl groups is 1. The highest BCUT2D eigenvalue weighted by Gasteiger charge is 2.28. The third-order valence-corrected chi connectivity index (χ3v) is 5.23. The molecule has 100 valence electrons. The molecule has 18 heavy (non-hydrogen) atoms. The zero-order valence-electron chi connectivity index (χ0n) is 11.0. The third kappa shape index (κ3) is 4.71. The highest BCUT2D eigenvalue weighted by atomic mass is 32.2. The molecule has 0 radical (unpaired) electrons. The van der Waals surface area contributed by atoms with E-state index in [1.54, 1.807) is 0 Å². The molecule has 0 aromatic heterocycles. The fourth-order valence-electron chi connectivity index (χ4n) is 1.91. The van der Waals surface area contributed by atoms with E-state index in [1.165, 1.54) is 0 Å². The van der Waals surface area contributed by atoms with E-state index in [1.807, 2.05) is 48.7 Å². The van der Waals surface area contributed by atoms with Crippen LogP contribution in [0.3, 0.4) is 0 Å². The lowest BCUT2D eigenvalue weighted by Gasteiger charge is -2.31. The highest BCUT2D eigenvalue weighted by Crippen LogP contribution is 2.35. The maximum Gasteiger partial charge on any atom is 0.0929 e. The summed E-state index contributed by atoms with van der Waals surface area (Å²) in [6.45, 7) is 9.51. The van der Waals surface area contributed by atoms with Gasteiger partial charge >= 0.3 is 0 Å². The fraction of sp³-hybridized carbons (Fsp3) is 0.467. The number of hydrogen-bond acceptors (Lipinski definition) is 3. The Morgan fingerprint density at radius 3 is 2.28 bits per heavy atom. The maximum atomic E-state index is 9.75. The van der Waals surface area contributed by atoms with Crippen LogP contribution in [-0.2, 0) is 0 Å². The molecule has 0 amide bonds. The van der Waals surface area contributed by atoms with Crippen LogP contribution in [0.5, 0.6) is 0 Å². The van der Waals surface area contributed by atoms with Crippen LogP contribution < -0.4 is 0 Å². The van der Waals surface area contributed by atoms with E-state index in [4.69, 9.17) is 0 Å². The molecule has 1 aliphatic carbocycles. The van der Waals surface area contributed by atoms with E-state index in [0.717, 1.165) is 28.6 Å². The van der Waals surface area contributed by atoms with Crippen molar-refractivity contribution in [2.75, 3.05) is 23.0 Å². The van der Waals surface area contributed by atoms with Gasteiger partial charge in [0.05, 0.1) is 6.10 Å². The fourth-order valence-corrected chi connectivity index (χ4v) is 3.93. The predicted molar refractivity (Wildman–Crippen MR) is 86.4 cm³/mol. The Kier molecular flexibility index (Phi) is 6.90.